The van der Waals surface area contributed by atoms with E-state index in [0.29, 0.717) is 17.0 Å². The van der Waals surface area contributed by atoms with E-state index < -0.39 is 40.9 Å². The number of hydrogen-bond donors (Lipinski definition) is 1. The lowest BCUT2D eigenvalue weighted by Crippen LogP contribution is -2.17. The fraction of sp³-hybridized carbons (Fsp3) is 0.250. The molecule has 1 aromatic carbocycles. The highest BCUT2D eigenvalue weighted by Crippen LogP contribution is 2.37. The van der Waals surface area contributed by atoms with Gasteiger partial charge in [0.2, 0.25) is 0 Å². The summed E-state index contributed by atoms with van der Waals surface area (Å²) >= 11 is 0.923. The normalized spacial score (nSPS) is 12.0. The van der Waals surface area contributed by atoms with Crippen LogP contribution in [0.2, 0.25) is 0 Å². The van der Waals surface area contributed by atoms with Crippen molar-refractivity contribution in [2.45, 2.75) is 19.3 Å². The lowest BCUT2D eigenvalue weighted by atomic mass is 10.0. The molecule has 1 aromatic heterocycles. The van der Waals surface area contributed by atoms with Gasteiger partial charge in [0.05, 0.1) is 23.8 Å². The third kappa shape index (κ3) is 4.79. The van der Waals surface area contributed by atoms with Crippen molar-refractivity contribution in [3.05, 3.63) is 51.4 Å². The number of thiophene rings is 1. The Bertz CT molecular complexity index is 853. The van der Waals surface area contributed by atoms with Crippen LogP contribution in [0.5, 0.6) is 0 Å². The molecule has 0 unspecified atom stereocenters. The first kappa shape index (κ1) is 20.7. The first-order valence-electron chi connectivity index (χ1n) is 7.12. The molecule has 2 rings (SSSR count). The summed E-state index contributed by atoms with van der Waals surface area (Å²) in [5.41, 5.74) is -4.13. The number of methoxy groups -OCH3 is 1. The molecule has 11 heteroatoms. The molecule has 0 bridgehead atoms. The minimum absolute atomic E-state index is 0.0460. The van der Waals surface area contributed by atoms with Crippen LogP contribution in [-0.2, 0) is 17.1 Å². The Labute approximate surface area is 152 Å². The van der Waals surface area contributed by atoms with Crippen molar-refractivity contribution < 1.29 is 40.7 Å². The molecule has 1 N–H and O–H groups in total. The summed E-state index contributed by atoms with van der Waals surface area (Å²) in [6.45, 7) is 1.60. The second-order valence-corrected chi connectivity index (χ2v) is 6.60. The monoisotopic (exact) mass is 411 g/mol. The van der Waals surface area contributed by atoms with Gasteiger partial charge < -0.3 is 10.1 Å². The summed E-state index contributed by atoms with van der Waals surface area (Å²) in [6, 6.07) is 1.91. The third-order valence-electron chi connectivity index (χ3n) is 3.34. The van der Waals surface area contributed by atoms with Crippen LogP contribution >= 0.6 is 11.3 Å². The quantitative estimate of drug-likeness (QED) is 0.563. The molecule has 0 aliphatic rings. The fourth-order valence-electron chi connectivity index (χ4n) is 2.13. The highest BCUT2D eigenvalue weighted by atomic mass is 32.1. The van der Waals surface area contributed by atoms with Crippen LogP contribution in [0, 0.1) is 6.92 Å². The molecule has 0 atom stereocenters. The van der Waals surface area contributed by atoms with Crippen LogP contribution < -0.4 is 5.32 Å². The summed E-state index contributed by atoms with van der Waals surface area (Å²) in [5, 5.41) is 2.12. The van der Waals surface area contributed by atoms with E-state index in [2.05, 4.69) is 10.1 Å². The molecule has 0 spiro atoms. The van der Waals surface area contributed by atoms with Crippen LogP contribution in [0.4, 0.5) is 31.3 Å². The number of benzene rings is 1. The SMILES string of the molecule is COC(=O)c1cc(C)sc1NC(=O)c1cc(C(F)(F)F)cc(C(F)(F)F)c1. The number of anilines is 1. The Hall–Kier alpha value is -2.56. The minimum atomic E-state index is -5.08. The van der Waals surface area contributed by atoms with Crippen molar-refractivity contribution in [2.24, 2.45) is 0 Å². The maximum Gasteiger partial charge on any atom is 0.416 e. The summed E-state index contributed by atoms with van der Waals surface area (Å²) in [4.78, 5) is 24.5. The molecule has 4 nitrogen and oxygen atoms in total. The molecule has 1 amide bonds. The van der Waals surface area contributed by atoms with E-state index in [-0.39, 0.29) is 16.6 Å². The number of carbonyl (C=O) groups excluding carboxylic acids is 2. The smallest absolute Gasteiger partial charge is 0.416 e. The predicted molar refractivity (Wildman–Crippen MR) is 84.8 cm³/mol. The van der Waals surface area contributed by atoms with E-state index in [0.717, 1.165) is 18.4 Å². The fourth-order valence-corrected chi connectivity index (χ4v) is 3.02. The zero-order valence-corrected chi connectivity index (χ0v) is 14.5. The summed E-state index contributed by atoms with van der Waals surface area (Å²) in [6.07, 6.45) is -10.2. The lowest BCUT2D eigenvalue weighted by molar-refractivity contribution is -0.143. The van der Waals surface area contributed by atoms with Crippen molar-refractivity contribution >= 4 is 28.2 Å². The largest absolute Gasteiger partial charge is 0.465 e. The van der Waals surface area contributed by atoms with Crippen LogP contribution in [0.25, 0.3) is 0 Å². The molecular weight excluding hydrogens is 400 g/mol. The Morgan fingerprint density at radius 1 is 0.963 bits per heavy atom. The van der Waals surface area contributed by atoms with Crippen molar-refractivity contribution in [2.75, 3.05) is 12.4 Å². The van der Waals surface area contributed by atoms with Crippen molar-refractivity contribution in [1.82, 2.24) is 0 Å². The van der Waals surface area contributed by atoms with Crippen LogP contribution in [-0.4, -0.2) is 19.0 Å². The van der Waals surface area contributed by atoms with Gasteiger partial charge in [-0.15, -0.1) is 11.3 Å². The molecule has 0 aliphatic carbocycles. The van der Waals surface area contributed by atoms with Crippen molar-refractivity contribution in [3.8, 4) is 0 Å². The lowest BCUT2D eigenvalue weighted by Gasteiger charge is -2.14. The van der Waals surface area contributed by atoms with Gasteiger partial charge in [-0.2, -0.15) is 26.3 Å². The molecule has 1 heterocycles. The standard InChI is InChI=1S/C16H11F6NO3S/c1-7-3-11(14(25)26-2)13(27-7)23-12(24)8-4-9(15(17,18)19)6-10(5-8)16(20,21)22/h3-6H,1-2H3,(H,23,24). The van der Waals surface area contributed by atoms with Crippen LogP contribution in [0.15, 0.2) is 24.3 Å². The first-order chi connectivity index (χ1) is 12.3. The average molecular weight is 411 g/mol. The highest BCUT2D eigenvalue weighted by Gasteiger charge is 2.37. The Kier molecular flexibility index (Phi) is 5.55. The number of hydrogen-bond acceptors (Lipinski definition) is 4. The number of ether oxygens (including phenoxy) is 1. The maximum atomic E-state index is 12.9. The van der Waals surface area contributed by atoms with Gasteiger partial charge in [0, 0.05) is 10.4 Å². The van der Waals surface area contributed by atoms with Crippen molar-refractivity contribution in [1.29, 1.82) is 0 Å². The Morgan fingerprint density at radius 2 is 1.48 bits per heavy atom. The van der Waals surface area contributed by atoms with Crippen molar-refractivity contribution in [3.63, 3.8) is 0 Å². The Morgan fingerprint density at radius 3 is 1.93 bits per heavy atom. The number of alkyl halides is 6. The topological polar surface area (TPSA) is 55.4 Å². The van der Waals surface area contributed by atoms with E-state index in [1.54, 1.807) is 6.92 Å². The van der Waals surface area contributed by atoms with Gasteiger partial charge in [0.15, 0.2) is 0 Å². The maximum absolute atomic E-state index is 12.9. The summed E-state index contributed by atoms with van der Waals surface area (Å²) in [7, 11) is 1.09. The first-order valence-corrected chi connectivity index (χ1v) is 7.94. The summed E-state index contributed by atoms with van der Waals surface area (Å²) < 4.78 is 81.8. The molecule has 0 aliphatic heterocycles. The van der Waals surface area contributed by atoms with E-state index in [1.807, 2.05) is 0 Å². The number of aryl methyl sites for hydroxylation is 1. The molecule has 0 saturated carbocycles. The van der Waals surface area contributed by atoms with Gasteiger partial charge in [-0.1, -0.05) is 0 Å². The second kappa shape index (κ2) is 7.22. The Balaban J connectivity index is 2.46. The second-order valence-electron chi connectivity index (χ2n) is 5.34. The molecule has 0 fully saturated rings. The number of esters is 1. The number of amides is 1. The molecule has 146 valence electrons. The number of halogens is 6. The minimum Gasteiger partial charge on any atom is -0.465 e. The van der Waals surface area contributed by atoms with Gasteiger partial charge in [0.25, 0.3) is 5.91 Å². The van der Waals surface area contributed by atoms with Crippen LogP contribution in [0.1, 0.15) is 36.7 Å². The molecule has 27 heavy (non-hydrogen) atoms. The average Bonchev–Trinajstić information content (AvgIpc) is 2.92. The summed E-state index contributed by atoms with van der Waals surface area (Å²) in [5.74, 6) is -2.03. The predicted octanol–water partition coefficient (Wildman–Crippen LogP) is 5.13. The van der Waals surface area contributed by atoms with Gasteiger partial charge >= 0.3 is 18.3 Å². The highest BCUT2D eigenvalue weighted by molar-refractivity contribution is 7.16. The number of rotatable bonds is 3. The number of carbonyl (C=O) groups is 2. The van der Waals surface area contributed by atoms with E-state index >= 15 is 0 Å². The van der Waals surface area contributed by atoms with Gasteiger partial charge in [0.1, 0.15) is 5.00 Å². The third-order valence-corrected chi connectivity index (χ3v) is 4.30. The zero-order valence-electron chi connectivity index (χ0n) is 13.7. The van der Waals surface area contributed by atoms with E-state index in [4.69, 9.17) is 0 Å². The van der Waals surface area contributed by atoms with Gasteiger partial charge in [-0.3, -0.25) is 4.79 Å². The van der Waals surface area contributed by atoms with E-state index in [1.165, 1.54) is 6.07 Å². The molecule has 0 saturated heterocycles. The van der Waals surface area contributed by atoms with Gasteiger partial charge in [-0.05, 0) is 31.2 Å². The molecule has 0 radical (unpaired) electrons. The van der Waals surface area contributed by atoms with Crippen LogP contribution in [0.3, 0.4) is 0 Å². The molecular formula is C16H11F6NO3S. The zero-order chi connectivity index (χ0) is 20.6. The van der Waals surface area contributed by atoms with Gasteiger partial charge in [-0.25, -0.2) is 4.79 Å². The molecule has 2 aromatic rings. The number of nitrogens with one attached hydrogen (secondary N) is 1. The van der Waals surface area contributed by atoms with E-state index in [9.17, 15) is 35.9 Å².